The van der Waals surface area contributed by atoms with E-state index in [0.717, 1.165) is 39.0 Å². The first-order chi connectivity index (χ1) is 19.5. The zero-order valence-corrected chi connectivity index (χ0v) is 24.4. The van der Waals surface area contributed by atoms with Gasteiger partial charge in [0.1, 0.15) is 0 Å². The van der Waals surface area contributed by atoms with Gasteiger partial charge in [-0.3, -0.25) is 9.69 Å². The Hall–Kier alpha value is -3.35. The molecule has 1 heterocycles. The molecule has 3 aromatic carbocycles. The van der Waals surface area contributed by atoms with E-state index in [9.17, 15) is 4.79 Å². The number of benzene rings is 3. The number of hydrogen-bond acceptors (Lipinski definition) is 5. The fourth-order valence-corrected chi connectivity index (χ4v) is 5.62. The van der Waals surface area contributed by atoms with Crippen molar-refractivity contribution in [1.82, 2.24) is 9.80 Å². The minimum absolute atomic E-state index is 0.0272. The first kappa shape index (κ1) is 29.6. The van der Waals surface area contributed by atoms with Gasteiger partial charge >= 0.3 is 0 Å². The smallest absolute Gasteiger partial charge is 0.254 e. The Morgan fingerprint density at radius 3 is 2.20 bits per heavy atom. The number of amides is 1. The third kappa shape index (κ3) is 8.09. The molecule has 0 saturated carbocycles. The maximum atomic E-state index is 13.9. The van der Waals surface area contributed by atoms with Crippen molar-refractivity contribution in [2.24, 2.45) is 11.8 Å². The van der Waals surface area contributed by atoms with E-state index in [1.165, 1.54) is 11.1 Å². The molecule has 2 atom stereocenters. The minimum Gasteiger partial charge on any atom is -0.493 e. The predicted molar refractivity (Wildman–Crippen MR) is 160 cm³/mol. The standard InChI is InChI=1S/C34H44N2O4/c1-26(2)36(34(37)29-16-17-32(39-4)33(21-29)40-19-11-18-38-3)25-31-24-35(22-28-14-9-6-10-15-28)23-30(31)20-27-12-7-5-8-13-27/h5-10,12-17,21,26,30-31H,11,18-20,22-25H2,1-4H3. The Morgan fingerprint density at radius 2 is 1.55 bits per heavy atom. The summed E-state index contributed by atoms with van der Waals surface area (Å²) in [5, 5.41) is 0. The van der Waals surface area contributed by atoms with E-state index in [2.05, 4.69) is 79.4 Å². The quantitative estimate of drug-likeness (QED) is 0.235. The van der Waals surface area contributed by atoms with Crippen LogP contribution in [-0.4, -0.2) is 68.8 Å². The lowest BCUT2D eigenvalue weighted by molar-refractivity contribution is 0.0658. The molecule has 214 valence electrons. The molecule has 0 bridgehead atoms. The van der Waals surface area contributed by atoms with Crippen LogP contribution in [0, 0.1) is 11.8 Å². The topological polar surface area (TPSA) is 51.2 Å². The lowest BCUT2D eigenvalue weighted by atomic mass is 9.89. The van der Waals surface area contributed by atoms with Gasteiger partial charge in [0, 0.05) is 57.9 Å². The second-order valence-electron chi connectivity index (χ2n) is 11.0. The number of rotatable bonds is 14. The highest BCUT2D eigenvalue weighted by Crippen LogP contribution is 2.32. The average Bonchev–Trinajstić information content (AvgIpc) is 3.34. The summed E-state index contributed by atoms with van der Waals surface area (Å²) in [6, 6.07) is 27.0. The molecule has 0 spiro atoms. The van der Waals surface area contributed by atoms with E-state index in [0.29, 0.717) is 42.1 Å². The molecule has 1 amide bonds. The highest BCUT2D eigenvalue weighted by Gasteiger charge is 2.35. The molecule has 0 N–H and O–H groups in total. The molecular weight excluding hydrogens is 500 g/mol. The van der Waals surface area contributed by atoms with Gasteiger partial charge in [-0.25, -0.2) is 0 Å². The second-order valence-corrected chi connectivity index (χ2v) is 11.0. The SMILES string of the molecule is COCCCOc1cc(C(=O)N(CC2CN(Cc3ccccc3)CC2Cc2ccccc2)C(C)C)ccc1OC. The maximum absolute atomic E-state index is 13.9. The Kier molecular flexibility index (Phi) is 11.0. The first-order valence-electron chi connectivity index (χ1n) is 14.4. The predicted octanol–water partition coefficient (Wildman–Crippen LogP) is 5.95. The summed E-state index contributed by atoms with van der Waals surface area (Å²) < 4.78 is 16.6. The highest BCUT2D eigenvalue weighted by molar-refractivity contribution is 5.95. The van der Waals surface area contributed by atoms with Crippen LogP contribution in [-0.2, 0) is 17.7 Å². The van der Waals surface area contributed by atoms with Gasteiger partial charge in [0.15, 0.2) is 11.5 Å². The molecule has 4 rings (SSSR count). The van der Waals surface area contributed by atoms with Crippen LogP contribution < -0.4 is 9.47 Å². The van der Waals surface area contributed by atoms with Gasteiger partial charge in [-0.15, -0.1) is 0 Å². The number of likely N-dealkylation sites (tertiary alicyclic amines) is 1. The Balaban J connectivity index is 1.52. The molecule has 6 nitrogen and oxygen atoms in total. The van der Waals surface area contributed by atoms with Gasteiger partial charge in [0.05, 0.1) is 13.7 Å². The van der Waals surface area contributed by atoms with Crippen LogP contribution in [0.2, 0.25) is 0 Å². The van der Waals surface area contributed by atoms with Gasteiger partial charge < -0.3 is 19.1 Å². The molecule has 0 radical (unpaired) electrons. The van der Waals surface area contributed by atoms with Crippen molar-refractivity contribution in [3.63, 3.8) is 0 Å². The maximum Gasteiger partial charge on any atom is 0.254 e. The molecule has 1 fully saturated rings. The van der Waals surface area contributed by atoms with E-state index >= 15 is 0 Å². The fourth-order valence-electron chi connectivity index (χ4n) is 5.62. The summed E-state index contributed by atoms with van der Waals surface area (Å²) in [7, 11) is 3.30. The molecule has 0 aromatic heterocycles. The number of ether oxygens (including phenoxy) is 3. The Morgan fingerprint density at radius 1 is 0.875 bits per heavy atom. The van der Waals surface area contributed by atoms with Crippen molar-refractivity contribution in [3.05, 3.63) is 95.6 Å². The molecule has 1 aliphatic rings. The van der Waals surface area contributed by atoms with Crippen LogP contribution >= 0.6 is 0 Å². The van der Waals surface area contributed by atoms with Gasteiger partial charge in [0.25, 0.3) is 5.91 Å². The van der Waals surface area contributed by atoms with E-state index < -0.39 is 0 Å². The zero-order chi connectivity index (χ0) is 28.3. The van der Waals surface area contributed by atoms with Gasteiger partial charge in [-0.05, 0) is 61.4 Å². The molecule has 40 heavy (non-hydrogen) atoms. The van der Waals surface area contributed by atoms with Crippen molar-refractivity contribution in [1.29, 1.82) is 0 Å². The Labute approximate surface area is 239 Å². The molecule has 6 heteroatoms. The Bertz CT molecular complexity index is 1190. The summed E-state index contributed by atoms with van der Waals surface area (Å²) in [6.07, 6.45) is 1.78. The van der Waals surface area contributed by atoms with Crippen LogP contribution in [0.15, 0.2) is 78.9 Å². The molecule has 3 aromatic rings. The normalized spacial score (nSPS) is 17.2. The van der Waals surface area contributed by atoms with Crippen molar-refractivity contribution in [2.45, 2.75) is 39.3 Å². The summed E-state index contributed by atoms with van der Waals surface area (Å²) >= 11 is 0. The van der Waals surface area contributed by atoms with Crippen molar-refractivity contribution >= 4 is 5.91 Å². The summed E-state index contributed by atoms with van der Waals surface area (Å²) in [4.78, 5) is 18.5. The number of methoxy groups -OCH3 is 2. The minimum atomic E-state index is 0.0272. The zero-order valence-electron chi connectivity index (χ0n) is 24.4. The fraction of sp³-hybridized carbons (Fsp3) is 0.441. The third-order valence-corrected chi connectivity index (χ3v) is 7.72. The number of nitrogens with zero attached hydrogens (tertiary/aromatic N) is 2. The first-order valence-corrected chi connectivity index (χ1v) is 14.4. The third-order valence-electron chi connectivity index (χ3n) is 7.72. The van der Waals surface area contributed by atoms with Crippen molar-refractivity contribution in [2.75, 3.05) is 47.1 Å². The van der Waals surface area contributed by atoms with E-state index in [-0.39, 0.29) is 11.9 Å². The van der Waals surface area contributed by atoms with Crippen LogP contribution in [0.1, 0.15) is 41.8 Å². The van der Waals surface area contributed by atoms with E-state index in [1.54, 1.807) is 14.2 Å². The number of carbonyl (C=O) groups excluding carboxylic acids is 1. The summed E-state index contributed by atoms with van der Waals surface area (Å²) in [5.74, 6) is 2.08. The summed E-state index contributed by atoms with van der Waals surface area (Å²) in [5.41, 5.74) is 3.30. The molecule has 1 saturated heterocycles. The average molecular weight is 545 g/mol. The van der Waals surface area contributed by atoms with Gasteiger partial charge in [-0.1, -0.05) is 60.7 Å². The largest absolute Gasteiger partial charge is 0.493 e. The van der Waals surface area contributed by atoms with E-state index in [1.807, 2.05) is 23.1 Å². The molecule has 2 unspecified atom stereocenters. The van der Waals surface area contributed by atoms with Crippen LogP contribution in [0.3, 0.4) is 0 Å². The highest BCUT2D eigenvalue weighted by atomic mass is 16.5. The van der Waals surface area contributed by atoms with E-state index in [4.69, 9.17) is 14.2 Å². The van der Waals surface area contributed by atoms with Crippen LogP contribution in [0.4, 0.5) is 0 Å². The lowest BCUT2D eigenvalue weighted by Crippen LogP contribution is -2.42. The molecular formula is C34H44N2O4. The van der Waals surface area contributed by atoms with Gasteiger partial charge in [-0.2, -0.15) is 0 Å². The lowest BCUT2D eigenvalue weighted by Gasteiger charge is -2.32. The number of hydrogen-bond donors (Lipinski definition) is 0. The molecule has 1 aliphatic heterocycles. The number of carbonyl (C=O) groups is 1. The summed E-state index contributed by atoms with van der Waals surface area (Å²) in [6.45, 7) is 8.97. The van der Waals surface area contributed by atoms with Crippen molar-refractivity contribution < 1.29 is 19.0 Å². The van der Waals surface area contributed by atoms with Gasteiger partial charge in [0.2, 0.25) is 0 Å². The monoisotopic (exact) mass is 544 g/mol. The molecule has 0 aliphatic carbocycles. The second kappa shape index (κ2) is 14.9. The van der Waals surface area contributed by atoms with Crippen molar-refractivity contribution in [3.8, 4) is 11.5 Å². The van der Waals surface area contributed by atoms with Crippen LogP contribution in [0.25, 0.3) is 0 Å². The van der Waals surface area contributed by atoms with Crippen LogP contribution in [0.5, 0.6) is 11.5 Å².